The van der Waals surface area contributed by atoms with Crippen LogP contribution in [-0.4, -0.2) is 28.7 Å². The molecule has 0 amide bonds. The highest BCUT2D eigenvalue weighted by Crippen LogP contribution is 2.21. The van der Waals surface area contributed by atoms with Crippen LogP contribution in [0.25, 0.3) is 5.65 Å². The van der Waals surface area contributed by atoms with E-state index >= 15 is 0 Å². The number of thioether (sulfide) groups is 1. The second-order valence-electron chi connectivity index (χ2n) is 5.28. The van der Waals surface area contributed by atoms with E-state index in [0.717, 1.165) is 21.7 Å². The third kappa shape index (κ3) is 2.67. The SMILES string of the molecule is Cc1cc2nnc(SCc3cc(=O)n(C)c(=O)n3C)n2c(C)n1. The van der Waals surface area contributed by atoms with Crippen LogP contribution in [0, 0.1) is 13.8 Å². The predicted molar refractivity (Wildman–Crippen MR) is 86.7 cm³/mol. The lowest BCUT2D eigenvalue weighted by atomic mass is 10.4. The molecule has 0 unspecified atom stereocenters. The number of hydrogen-bond donors (Lipinski definition) is 0. The Hall–Kier alpha value is -2.42. The molecule has 23 heavy (non-hydrogen) atoms. The highest BCUT2D eigenvalue weighted by molar-refractivity contribution is 7.98. The van der Waals surface area contributed by atoms with Gasteiger partial charge in [-0.25, -0.2) is 9.78 Å². The van der Waals surface area contributed by atoms with Crippen molar-refractivity contribution in [1.29, 1.82) is 0 Å². The van der Waals surface area contributed by atoms with Gasteiger partial charge in [0.25, 0.3) is 5.56 Å². The third-order valence-electron chi connectivity index (χ3n) is 3.63. The minimum atomic E-state index is -0.340. The number of aryl methyl sites for hydroxylation is 2. The summed E-state index contributed by atoms with van der Waals surface area (Å²) in [6.45, 7) is 3.80. The largest absolute Gasteiger partial charge is 0.330 e. The fourth-order valence-corrected chi connectivity index (χ4v) is 3.36. The number of nitrogens with zero attached hydrogens (tertiary/aromatic N) is 6. The summed E-state index contributed by atoms with van der Waals surface area (Å²) in [4.78, 5) is 28.1. The van der Waals surface area contributed by atoms with Gasteiger partial charge in [0.2, 0.25) is 0 Å². The Balaban J connectivity index is 1.96. The van der Waals surface area contributed by atoms with Crippen LogP contribution in [0.15, 0.2) is 26.9 Å². The smallest absolute Gasteiger partial charge is 0.300 e. The maximum atomic E-state index is 11.9. The molecule has 3 aromatic heterocycles. The summed E-state index contributed by atoms with van der Waals surface area (Å²) in [5.41, 5.74) is 1.59. The Morgan fingerprint density at radius 3 is 2.57 bits per heavy atom. The van der Waals surface area contributed by atoms with Crippen LogP contribution in [0.5, 0.6) is 0 Å². The van der Waals surface area contributed by atoms with Gasteiger partial charge in [0, 0.05) is 43.4 Å². The molecule has 0 aliphatic rings. The van der Waals surface area contributed by atoms with Crippen LogP contribution in [0.4, 0.5) is 0 Å². The molecule has 0 spiro atoms. The molecule has 0 saturated carbocycles. The van der Waals surface area contributed by atoms with Gasteiger partial charge in [-0.05, 0) is 13.8 Å². The topological polar surface area (TPSA) is 87.1 Å². The van der Waals surface area contributed by atoms with E-state index in [1.54, 1.807) is 7.05 Å². The number of aromatic nitrogens is 6. The van der Waals surface area contributed by atoms with Crippen molar-refractivity contribution in [2.24, 2.45) is 14.1 Å². The van der Waals surface area contributed by atoms with Gasteiger partial charge in [-0.15, -0.1) is 10.2 Å². The van der Waals surface area contributed by atoms with E-state index in [1.807, 2.05) is 24.3 Å². The number of hydrogen-bond acceptors (Lipinski definition) is 6. The average molecular weight is 332 g/mol. The minimum Gasteiger partial charge on any atom is -0.300 e. The van der Waals surface area contributed by atoms with E-state index < -0.39 is 0 Å². The first kappa shape index (κ1) is 15.5. The van der Waals surface area contributed by atoms with E-state index in [4.69, 9.17) is 0 Å². The Kier molecular flexibility index (Phi) is 3.80. The maximum Gasteiger partial charge on any atom is 0.330 e. The molecule has 0 saturated heterocycles. The van der Waals surface area contributed by atoms with E-state index in [0.29, 0.717) is 16.6 Å². The summed E-state index contributed by atoms with van der Waals surface area (Å²) < 4.78 is 4.40. The van der Waals surface area contributed by atoms with Crippen molar-refractivity contribution in [3.8, 4) is 0 Å². The molecule has 9 heteroatoms. The lowest BCUT2D eigenvalue weighted by molar-refractivity contribution is 0.664. The molecule has 8 nitrogen and oxygen atoms in total. The summed E-state index contributed by atoms with van der Waals surface area (Å²) in [6.07, 6.45) is 0. The molecule has 0 radical (unpaired) electrons. The van der Waals surface area contributed by atoms with Crippen LogP contribution in [0.2, 0.25) is 0 Å². The summed E-state index contributed by atoms with van der Waals surface area (Å²) in [7, 11) is 3.11. The first-order chi connectivity index (χ1) is 10.9. The van der Waals surface area contributed by atoms with Gasteiger partial charge < -0.3 is 0 Å². The van der Waals surface area contributed by atoms with E-state index in [9.17, 15) is 9.59 Å². The molecule has 3 heterocycles. The van der Waals surface area contributed by atoms with Crippen LogP contribution in [-0.2, 0) is 19.8 Å². The summed E-state index contributed by atoms with van der Waals surface area (Å²) >= 11 is 1.41. The Bertz CT molecular complexity index is 1020. The Morgan fingerprint density at radius 1 is 1.09 bits per heavy atom. The number of rotatable bonds is 3. The van der Waals surface area contributed by atoms with Gasteiger partial charge in [0.1, 0.15) is 5.82 Å². The van der Waals surface area contributed by atoms with Crippen LogP contribution in [0.1, 0.15) is 17.2 Å². The molecule has 0 aliphatic heterocycles. The quantitative estimate of drug-likeness (QED) is 0.647. The zero-order valence-corrected chi connectivity index (χ0v) is 14.1. The third-order valence-corrected chi connectivity index (χ3v) is 4.60. The molecule has 120 valence electrons. The second kappa shape index (κ2) is 5.65. The fraction of sp³-hybridized carbons (Fsp3) is 0.357. The van der Waals surface area contributed by atoms with Gasteiger partial charge in [-0.1, -0.05) is 11.8 Å². The summed E-state index contributed by atoms with van der Waals surface area (Å²) in [6, 6.07) is 3.32. The molecule has 0 N–H and O–H groups in total. The normalized spacial score (nSPS) is 11.3. The van der Waals surface area contributed by atoms with Crippen molar-refractivity contribution in [1.82, 2.24) is 28.7 Å². The molecule has 0 fully saturated rings. The molecule has 3 aromatic rings. The molecule has 0 atom stereocenters. The van der Waals surface area contributed by atoms with Crippen molar-refractivity contribution >= 4 is 17.4 Å². The van der Waals surface area contributed by atoms with Crippen LogP contribution < -0.4 is 11.2 Å². The Labute approximate surface area is 135 Å². The van der Waals surface area contributed by atoms with Crippen molar-refractivity contribution in [2.75, 3.05) is 0 Å². The first-order valence-corrected chi connectivity index (χ1v) is 7.95. The monoisotopic (exact) mass is 332 g/mol. The van der Waals surface area contributed by atoms with Crippen molar-refractivity contribution in [2.45, 2.75) is 24.8 Å². The van der Waals surface area contributed by atoms with Gasteiger partial charge >= 0.3 is 5.69 Å². The van der Waals surface area contributed by atoms with Crippen LogP contribution >= 0.6 is 11.8 Å². The van der Waals surface area contributed by atoms with Crippen LogP contribution in [0.3, 0.4) is 0 Å². The second-order valence-corrected chi connectivity index (χ2v) is 6.23. The van der Waals surface area contributed by atoms with Gasteiger partial charge in [-0.3, -0.25) is 18.3 Å². The molecular weight excluding hydrogens is 316 g/mol. The summed E-state index contributed by atoms with van der Waals surface area (Å²) in [5, 5.41) is 8.99. The molecule has 0 aromatic carbocycles. The molecule has 3 rings (SSSR count). The van der Waals surface area contributed by atoms with Crippen molar-refractivity contribution < 1.29 is 0 Å². The van der Waals surface area contributed by atoms with Crippen molar-refractivity contribution in [3.05, 3.63) is 50.2 Å². The van der Waals surface area contributed by atoms with Gasteiger partial charge in [-0.2, -0.15) is 0 Å². The minimum absolute atomic E-state index is 0.316. The van der Waals surface area contributed by atoms with Gasteiger partial charge in [0.15, 0.2) is 10.8 Å². The highest BCUT2D eigenvalue weighted by atomic mass is 32.2. The predicted octanol–water partition coefficient (Wildman–Crippen LogP) is 0.431. The van der Waals surface area contributed by atoms with Gasteiger partial charge in [0.05, 0.1) is 0 Å². The zero-order valence-electron chi connectivity index (χ0n) is 13.3. The van der Waals surface area contributed by atoms with E-state index in [2.05, 4.69) is 15.2 Å². The highest BCUT2D eigenvalue weighted by Gasteiger charge is 2.12. The number of fused-ring (bicyclic) bond motifs is 1. The summed E-state index contributed by atoms with van der Waals surface area (Å²) in [5.74, 6) is 1.24. The Morgan fingerprint density at radius 2 is 1.83 bits per heavy atom. The van der Waals surface area contributed by atoms with E-state index in [1.165, 1.54) is 29.4 Å². The fourth-order valence-electron chi connectivity index (χ4n) is 2.35. The zero-order chi connectivity index (χ0) is 16.7. The molecular formula is C14H16N6O2S. The maximum absolute atomic E-state index is 11.9. The molecule has 0 aliphatic carbocycles. The molecule has 0 bridgehead atoms. The first-order valence-electron chi connectivity index (χ1n) is 6.96. The average Bonchev–Trinajstić information content (AvgIpc) is 2.90. The standard InChI is InChI=1S/C14H16N6O2S/c1-8-5-11-16-17-13(20(11)9(2)15-8)23-7-10-6-12(21)19(4)14(22)18(10)3/h5-6H,7H2,1-4H3. The van der Waals surface area contributed by atoms with E-state index in [-0.39, 0.29) is 11.2 Å². The lowest BCUT2D eigenvalue weighted by Crippen LogP contribution is -2.37. The van der Waals surface area contributed by atoms with Crippen molar-refractivity contribution in [3.63, 3.8) is 0 Å². The lowest BCUT2D eigenvalue weighted by Gasteiger charge is -2.09.